The van der Waals surface area contributed by atoms with E-state index in [1.165, 1.54) is 12.1 Å². The first kappa shape index (κ1) is 17.7. The Kier molecular flexibility index (Phi) is 4.45. The first-order chi connectivity index (χ1) is 11.8. The van der Waals surface area contributed by atoms with Gasteiger partial charge in [-0.15, -0.1) is 0 Å². The summed E-state index contributed by atoms with van der Waals surface area (Å²) >= 11 is 0. The highest BCUT2D eigenvalue weighted by molar-refractivity contribution is 7.93. The summed E-state index contributed by atoms with van der Waals surface area (Å²) in [6, 6.07) is 7.88. The molecule has 0 unspecified atom stereocenters. The molecule has 1 aliphatic carbocycles. The fraction of sp³-hybridized carbons (Fsp3) is 0.444. The summed E-state index contributed by atoms with van der Waals surface area (Å²) in [6.45, 7) is 3.36. The van der Waals surface area contributed by atoms with Crippen LogP contribution in [-0.4, -0.2) is 31.7 Å². The van der Waals surface area contributed by atoms with Gasteiger partial charge < -0.3 is 9.47 Å². The fourth-order valence-corrected chi connectivity index (χ4v) is 5.82. The zero-order chi connectivity index (χ0) is 18.2. The van der Waals surface area contributed by atoms with E-state index in [4.69, 9.17) is 9.47 Å². The van der Waals surface area contributed by atoms with Gasteiger partial charge in [0.1, 0.15) is 5.76 Å². The minimum absolute atomic E-state index is 0.0260. The molecule has 2 aliphatic rings. The van der Waals surface area contributed by atoms with Crippen molar-refractivity contribution in [2.45, 2.75) is 36.3 Å². The van der Waals surface area contributed by atoms with Gasteiger partial charge >= 0.3 is 11.9 Å². The SMILES string of the molecule is CCOC(=O)[C@@]1(S(=O)(=O)c2ccccc2)C[C@H]2CC(=O)OC2=C[C@H]1C. The van der Waals surface area contributed by atoms with Crippen molar-refractivity contribution in [3.63, 3.8) is 0 Å². The number of allylic oxidation sites excluding steroid dienone is 2. The van der Waals surface area contributed by atoms with E-state index in [1.54, 1.807) is 38.1 Å². The Labute approximate surface area is 146 Å². The van der Waals surface area contributed by atoms with Gasteiger partial charge in [-0.1, -0.05) is 25.1 Å². The first-order valence-electron chi connectivity index (χ1n) is 8.22. The van der Waals surface area contributed by atoms with E-state index >= 15 is 0 Å². The molecule has 1 saturated heterocycles. The number of ether oxygens (including phenoxy) is 2. The van der Waals surface area contributed by atoms with Gasteiger partial charge in [-0.2, -0.15) is 0 Å². The van der Waals surface area contributed by atoms with E-state index in [2.05, 4.69) is 0 Å². The molecule has 0 N–H and O–H groups in total. The molecule has 3 atom stereocenters. The van der Waals surface area contributed by atoms with Crippen LogP contribution in [0.2, 0.25) is 0 Å². The Morgan fingerprint density at radius 3 is 2.64 bits per heavy atom. The van der Waals surface area contributed by atoms with Gasteiger partial charge in [-0.3, -0.25) is 9.59 Å². The molecule has 7 heteroatoms. The molecular weight excluding hydrogens is 344 g/mol. The molecule has 134 valence electrons. The molecule has 1 aliphatic heterocycles. The molecule has 1 fully saturated rings. The molecule has 25 heavy (non-hydrogen) atoms. The van der Waals surface area contributed by atoms with Crippen LogP contribution in [0.1, 0.15) is 26.7 Å². The third-order valence-electron chi connectivity index (χ3n) is 4.90. The van der Waals surface area contributed by atoms with E-state index in [0.717, 1.165) is 0 Å². The van der Waals surface area contributed by atoms with Gasteiger partial charge in [0.05, 0.1) is 17.9 Å². The summed E-state index contributed by atoms with van der Waals surface area (Å²) in [7, 11) is -4.04. The Morgan fingerprint density at radius 1 is 1.32 bits per heavy atom. The van der Waals surface area contributed by atoms with Crippen LogP contribution < -0.4 is 0 Å². The molecule has 0 radical (unpaired) electrons. The van der Waals surface area contributed by atoms with Crippen molar-refractivity contribution in [2.75, 3.05) is 6.61 Å². The molecule has 0 spiro atoms. The smallest absolute Gasteiger partial charge is 0.328 e. The predicted octanol–water partition coefficient (Wildman–Crippen LogP) is 2.25. The van der Waals surface area contributed by atoms with Crippen molar-refractivity contribution in [1.82, 2.24) is 0 Å². The lowest BCUT2D eigenvalue weighted by molar-refractivity contribution is -0.148. The quantitative estimate of drug-likeness (QED) is 0.762. The van der Waals surface area contributed by atoms with Gasteiger partial charge in [-0.25, -0.2) is 8.42 Å². The monoisotopic (exact) mass is 364 g/mol. The molecule has 0 saturated carbocycles. The lowest BCUT2D eigenvalue weighted by atomic mass is 9.77. The zero-order valence-electron chi connectivity index (χ0n) is 14.1. The number of hydrogen-bond acceptors (Lipinski definition) is 6. The topological polar surface area (TPSA) is 86.7 Å². The Balaban J connectivity index is 2.16. The van der Waals surface area contributed by atoms with Gasteiger partial charge in [-0.05, 0) is 31.6 Å². The van der Waals surface area contributed by atoms with Gasteiger partial charge in [0.15, 0.2) is 14.6 Å². The van der Waals surface area contributed by atoms with Crippen LogP contribution in [0.4, 0.5) is 0 Å². The van der Waals surface area contributed by atoms with Crippen molar-refractivity contribution in [3.8, 4) is 0 Å². The maximum absolute atomic E-state index is 13.5. The van der Waals surface area contributed by atoms with Crippen LogP contribution in [0.25, 0.3) is 0 Å². The minimum Gasteiger partial charge on any atom is -0.465 e. The van der Waals surface area contributed by atoms with Crippen molar-refractivity contribution in [1.29, 1.82) is 0 Å². The van der Waals surface area contributed by atoms with Crippen LogP contribution in [0.5, 0.6) is 0 Å². The van der Waals surface area contributed by atoms with Crippen molar-refractivity contribution < 1.29 is 27.5 Å². The lowest BCUT2D eigenvalue weighted by Crippen LogP contribution is -2.54. The first-order valence-corrected chi connectivity index (χ1v) is 9.70. The second-order valence-electron chi connectivity index (χ2n) is 6.36. The van der Waals surface area contributed by atoms with Crippen LogP contribution in [0, 0.1) is 11.8 Å². The summed E-state index contributed by atoms with van der Waals surface area (Å²) in [4.78, 5) is 24.5. The average Bonchev–Trinajstić information content (AvgIpc) is 2.93. The van der Waals surface area contributed by atoms with Crippen LogP contribution in [0.15, 0.2) is 47.1 Å². The molecule has 0 aromatic heterocycles. The molecule has 6 nitrogen and oxygen atoms in total. The molecule has 0 amide bonds. The van der Waals surface area contributed by atoms with E-state index in [9.17, 15) is 18.0 Å². The number of hydrogen-bond donors (Lipinski definition) is 0. The van der Waals surface area contributed by atoms with E-state index in [-0.39, 0.29) is 24.3 Å². The highest BCUT2D eigenvalue weighted by Gasteiger charge is 2.60. The number of carbonyl (C=O) groups excluding carboxylic acids is 2. The van der Waals surface area contributed by atoms with Crippen LogP contribution in [0.3, 0.4) is 0 Å². The number of sulfone groups is 1. The Morgan fingerprint density at radius 2 is 2.00 bits per heavy atom. The number of esters is 2. The molecule has 0 bridgehead atoms. The zero-order valence-corrected chi connectivity index (χ0v) is 14.9. The normalized spacial score (nSPS) is 28.7. The maximum atomic E-state index is 13.5. The van der Waals surface area contributed by atoms with Crippen molar-refractivity contribution >= 4 is 21.8 Å². The second kappa shape index (κ2) is 6.29. The summed E-state index contributed by atoms with van der Waals surface area (Å²) < 4.78 is 35.5. The van der Waals surface area contributed by atoms with Crippen LogP contribution >= 0.6 is 0 Å². The van der Waals surface area contributed by atoms with Gasteiger partial charge in [0, 0.05) is 11.8 Å². The molecule has 1 aromatic rings. The average molecular weight is 364 g/mol. The van der Waals surface area contributed by atoms with Crippen molar-refractivity contribution in [2.24, 2.45) is 11.8 Å². The summed E-state index contributed by atoms with van der Waals surface area (Å²) in [5.74, 6) is -1.83. The van der Waals surface area contributed by atoms with Gasteiger partial charge in [0.25, 0.3) is 0 Å². The summed E-state index contributed by atoms with van der Waals surface area (Å²) in [5, 5.41) is 0. The largest absolute Gasteiger partial charge is 0.465 e. The predicted molar refractivity (Wildman–Crippen MR) is 89.1 cm³/mol. The minimum atomic E-state index is -4.04. The number of fused-ring (bicyclic) bond motifs is 1. The Hall–Kier alpha value is -2.15. The third kappa shape index (κ3) is 2.66. The fourth-order valence-electron chi connectivity index (χ4n) is 3.63. The van der Waals surface area contributed by atoms with Crippen molar-refractivity contribution in [3.05, 3.63) is 42.2 Å². The molecular formula is C18H20O6S. The number of benzene rings is 1. The maximum Gasteiger partial charge on any atom is 0.328 e. The van der Waals surface area contributed by atoms with E-state index < -0.39 is 38.4 Å². The van der Waals surface area contributed by atoms with E-state index in [0.29, 0.717) is 5.76 Å². The molecule has 1 aromatic carbocycles. The highest BCUT2D eigenvalue weighted by Crippen LogP contribution is 2.48. The molecule has 1 heterocycles. The molecule has 3 rings (SSSR count). The summed E-state index contributed by atoms with van der Waals surface area (Å²) in [5.41, 5.74) is 0. The number of rotatable bonds is 4. The highest BCUT2D eigenvalue weighted by atomic mass is 32.2. The third-order valence-corrected chi connectivity index (χ3v) is 7.46. The standard InChI is InChI=1S/C18H20O6S/c1-3-23-17(20)18(25(21,22)14-7-5-4-6-8-14)11-13-10-16(19)24-15(13)9-12(18)2/h4-9,12-13H,3,10-11H2,1-2H3/t12-,13-,18-/m1/s1. The Bertz CT molecular complexity index is 826. The van der Waals surface area contributed by atoms with Crippen LogP contribution in [-0.2, 0) is 28.9 Å². The second-order valence-corrected chi connectivity index (χ2v) is 8.57. The number of carbonyl (C=O) groups is 2. The summed E-state index contributed by atoms with van der Waals surface area (Å²) in [6.07, 6.45) is 1.63. The lowest BCUT2D eigenvalue weighted by Gasteiger charge is -2.39. The van der Waals surface area contributed by atoms with E-state index in [1.807, 2.05) is 0 Å². The van der Waals surface area contributed by atoms with Gasteiger partial charge in [0.2, 0.25) is 0 Å².